The molecule has 2 aromatic rings. The highest BCUT2D eigenvalue weighted by Gasteiger charge is 2.33. The maximum absolute atomic E-state index is 13.0. The van der Waals surface area contributed by atoms with Gasteiger partial charge in [-0.25, -0.2) is 8.42 Å². The number of nitrogens with zero attached hydrogens (tertiary/aromatic N) is 2. The van der Waals surface area contributed by atoms with Crippen LogP contribution in [0.1, 0.15) is 16.8 Å². The molecule has 2 aromatic carbocycles. The van der Waals surface area contributed by atoms with E-state index < -0.39 is 14.9 Å². The van der Waals surface area contributed by atoms with E-state index in [0.717, 1.165) is 4.90 Å². The lowest BCUT2D eigenvalue weighted by atomic mass is 10.1. The van der Waals surface area contributed by atoms with E-state index in [4.69, 9.17) is 23.2 Å². The molecule has 1 saturated heterocycles. The van der Waals surface area contributed by atoms with Crippen LogP contribution in [0.5, 0.6) is 0 Å². The van der Waals surface area contributed by atoms with Gasteiger partial charge in [0.25, 0.3) is 5.69 Å². The lowest BCUT2D eigenvalue weighted by Crippen LogP contribution is -3.14. The number of nitrogens with one attached hydrogen (secondary N) is 1. The van der Waals surface area contributed by atoms with Crippen LogP contribution < -0.4 is 4.90 Å². The van der Waals surface area contributed by atoms with Crippen molar-refractivity contribution >= 4 is 60.6 Å². The Morgan fingerprint density at radius 2 is 1.68 bits per heavy atom. The van der Waals surface area contributed by atoms with Crippen molar-refractivity contribution in [2.45, 2.75) is 11.3 Å². The molecule has 1 N–H and O–H groups in total. The van der Waals surface area contributed by atoms with Crippen LogP contribution in [0.2, 0.25) is 10.0 Å². The second-order valence-electron chi connectivity index (χ2n) is 7.08. The molecule has 0 radical (unpaired) electrons. The summed E-state index contributed by atoms with van der Waals surface area (Å²) in [4.78, 5) is 23.6. The number of carbonyl (C=O) groups is 1. The summed E-state index contributed by atoms with van der Waals surface area (Å²) in [6.07, 6.45) is 0.268. The van der Waals surface area contributed by atoms with Gasteiger partial charge in [0.05, 0.1) is 54.1 Å². The van der Waals surface area contributed by atoms with Crippen molar-refractivity contribution in [3.8, 4) is 0 Å². The number of Topliss-reactive ketones (excluding diaryl/α,β-unsaturated/α-hetero) is 1. The maximum Gasteiger partial charge on any atom is 0.269 e. The summed E-state index contributed by atoms with van der Waals surface area (Å²) in [6, 6.07) is 8.50. The molecule has 8 nitrogen and oxygen atoms in total. The van der Waals surface area contributed by atoms with Crippen LogP contribution in [-0.2, 0) is 10.0 Å². The number of piperazine rings is 1. The minimum atomic E-state index is -3.84. The number of nitro benzene ring substituents is 1. The van der Waals surface area contributed by atoms with Crippen molar-refractivity contribution in [1.82, 2.24) is 4.31 Å². The summed E-state index contributed by atoms with van der Waals surface area (Å²) in [5, 5.41) is 10.8. The first-order chi connectivity index (χ1) is 14.6. The van der Waals surface area contributed by atoms with Crippen LogP contribution in [0, 0.1) is 10.1 Å². The van der Waals surface area contributed by atoms with Gasteiger partial charge in [0.2, 0.25) is 10.0 Å². The summed E-state index contributed by atoms with van der Waals surface area (Å²) >= 11 is 15.5. The summed E-state index contributed by atoms with van der Waals surface area (Å²) in [5.41, 5.74) is 0.358. The van der Waals surface area contributed by atoms with Gasteiger partial charge < -0.3 is 4.90 Å². The van der Waals surface area contributed by atoms with Gasteiger partial charge in [-0.1, -0.05) is 39.1 Å². The van der Waals surface area contributed by atoms with E-state index in [1.807, 2.05) is 0 Å². The average molecular weight is 552 g/mol. The molecule has 1 fully saturated rings. The fraction of sp³-hybridized carbons (Fsp3) is 0.316. The molecule has 0 unspecified atom stereocenters. The Kier molecular flexibility index (Phi) is 7.72. The third-order valence-corrected chi connectivity index (χ3v) is 8.38. The van der Waals surface area contributed by atoms with Gasteiger partial charge in [-0.3, -0.25) is 14.9 Å². The normalized spacial score (nSPS) is 15.7. The van der Waals surface area contributed by atoms with Gasteiger partial charge in [-0.15, -0.1) is 0 Å². The van der Waals surface area contributed by atoms with Crippen LogP contribution in [0.4, 0.5) is 5.69 Å². The van der Waals surface area contributed by atoms with Gasteiger partial charge >= 0.3 is 0 Å². The Morgan fingerprint density at radius 1 is 1.13 bits per heavy atom. The first-order valence-electron chi connectivity index (χ1n) is 9.35. The summed E-state index contributed by atoms with van der Waals surface area (Å²) in [7, 11) is -3.84. The number of non-ortho nitro benzene ring substituents is 1. The largest absolute Gasteiger partial charge is 0.332 e. The predicted octanol–water partition coefficient (Wildman–Crippen LogP) is 2.83. The Morgan fingerprint density at radius 3 is 2.19 bits per heavy atom. The lowest BCUT2D eigenvalue weighted by molar-refractivity contribution is -0.903. The summed E-state index contributed by atoms with van der Waals surface area (Å²) < 4.78 is 28.0. The molecule has 1 aliphatic rings. The SMILES string of the molecule is O=C(CC[NH+]1CCN(S(=O)(=O)c2c(Cl)cc(Br)cc2Cl)CC1)c1ccc([N+](=O)[O-])cc1. The van der Waals surface area contributed by atoms with E-state index in [1.165, 1.54) is 40.7 Å². The predicted molar refractivity (Wildman–Crippen MR) is 121 cm³/mol. The monoisotopic (exact) mass is 550 g/mol. The highest BCUT2D eigenvalue weighted by molar-refractivity contribution is 9.10. The van der Waals surface area contributed by atoms with Crippen molar-refractivity contribution < 1.29 is 23.0 Å². The van der Waals surface area contributed by atoms with E-state index in [9.17, 15) is 23.3 Å². The Labute approximate surface area is 198 Å². The fourth-order valence-corrected chi connectivity index (χ4v) is 6.73. The van der Waals surface area contributed by atoms with Crippen LogP contribution in [0.3, 0.4) is 0 Å². The number of benzene rings is 2. The quantitative estimate of drug-likeness (QED) is 0.324. The zero-order valence-electron chi connectivity index (χ0n) is 16.2. The van der Waals surface area contributed by atoms with Crippen molar-refractivity contribution in [2.24, 2.45) is 0 Å². The van der Waals surface area contributed by atoms with Crippen molar-refractivity contribution in [3.63, 3.8) is 0 Å². The molecule has 0 saturated carbocycles. The lowest BCUT2D eigenvalue weighted by Gasteiger charge is -2.31. The summed E-state index contributed by atoms with van der Waals surface area (Å²) in [6.45, 7) is 2.19. The van der Waals surface area contributed by atoms with Crippen molar-refractivity contribution in [2.75, 3.05) is 32.7 Å². The van der Waals surface area contributed by atoms with Gasteiger partial charge in [-0.05, 0) is 24.3 Å². The number of quaternary nitrogens is 1. The van der Waals surface area contributed by atoms with Gasteiger partial charge in [0.15, 0.2) is 5.78 Å². The highest BCUT2D eigenvalue weighted by atomic mass is 79.9. The molecule has 0 spiro atoms. The van der Waals surface area contributed by atoms with E-state index >= 15 is 0 Å². The molecule has 0 aromatic heterocycles. The molecule has 0 bridgehead atoms. The third-order valence-electron chi connectivity index (χ3n) is 5.10. The average Bonchev–Trinajstić information content (AvgIpc) is 2.71. The van der Waals surface area contributed by atoms with Gasteiger partial charge in [0, 0.05) is 22.2 Å². The fourth-order valence-electron chi connectivity index (χ4n) is 3.40. The van der Waals surface area contributed by atoms with Crippen LogP contribution >= 0.6 is 39.1 Å². The zero-order chi connectivity index (χ0) is 22.8. The van der Waals surface area contributed by atoms with E-state index in [0.29, 0.717) is 29.7 Å². The van der Waals surface area contributed by atoms with E-state index in [1.54, 1.807) is 0 Å². The molecule has 1 heterocycles. The first kappa shape index (κ1) is 24.1. The molecule has 0 aliphatic carbocycles. The van der Waals surface area contributed by atoms with Gasteiger partial charge in [-0.2, -0.15) is 4.31 Å². The minimum Gasteiger partial charge on any atom is -0.332 e. The van der Waals surface area contributed by atoms with Crippen LogP contribution in [0.15, 0.2) is 45.8 Å². The molecular formula is C19H19BrCl2N3O5S+. The highest BCUT2D eigenvalue weighted by Crippen LogP contribution is 2.34. The smallest absolute Gasteiger partial charge is 0.269 e. The second-order valence-corrected chi connectivity index (χ2v) is 10.7. The second kappa shape index (κ2) is 9.93. The Balaban J connectivity index is 1.57. The van der Waals surface area contributed by atoms with Crippen LogP contribution in [-0.4, -0.2) is 56.2 Å². The third kappa shape index (κ3) is 5.63. The molecule has 0 atom stereocenters. The zero-order valence-corrected chi connectivity index (χ0v) is 20.1. The van der Waals surface area contributed by atoms with E-state index in [2.05, 4.69) is 15.9 Å². The topological polar surface area (TPSA) is 102 Å². The molecule has 12 heteroatoms. The number of hydrogen-bond acceptors (Lipinski definition) is 5. The Bertz CT molecular complexity index is 1080. The molecule has 166 valence electrons. The first-order valence-corrected chi connectivity index (χ1v) is 12.3. The number of ketones is 1. The molecule has 31 heavy (non-hydrogen) atoms. The molecule has 3 rings (SSSR count). The molecule has 1 aliphatic heterocycles. The number of sulfonamides is 1. The number of halogens is 3. The van der Waals surface area contributed by atoms with Crippen molar-refractivity contribution in [1.29, 1.82) is 0 Å². The van der Waals surface area contributed by atoms with E-state index in [-0.39, 0.29) is 45.9 Å². The number of hydrogen-bond donors (Lipinski definition) is 1. The van der Waals surface area contributed by atoms with Crippen molar-refractivity contribution in [3.05, 3.63) is 66.6 Å². The standard InChI is InChI=1S/C19H18BrCl2N3O5S/c20-14-11-16(21)19(17(22)12-14)31(29,30)24-9-7-23(8-10-24)6-5-18(26)13-1-3-15(4-2-13)25(27)28/h1-4,11-12H,5-10H2/p+1. The Hall–Kier alpha value is -1.56. The number of nitro groups is 1. The van der Waals surface area contributed by atoms with Gasteiger partial charge in [0.1, 0.15) is 4.90 Å². The number of rotatable bonds is 7. The molecule has 0 amide bonds. The molecular weight excluding hydrogens is 533 g/mol. The minimum absolute atomic E-state index is 0.0582. The number of carbonyl (C=O) groups excluding carboxylic acids is 1. The summed E-state index contributed by atoms with van der Waals surface area (Å²) in [5.74, 6) is -0.106. The van der Waals surface area contributed by atoms with Crippen LogP contribution in [0.25, 0.3) is 0 Å². The maximum atomic E-state index is 13.0.